The summed E-state index contributed by atoms with van der Waals surface area (Å²) in [5.74, 6) is 0. The molecule has 0 unspecified atom stereocenters. The van der Waals surface area contributed by atoms with Crippen LogP contribution in [0.5, 0.6) is 0 Å². The lowest BCUT2D eigenvalue weighted by Crippen LogP contribution is -2.55. The molecule has 0 atom stereocenters. The molecular weight excluding hydrogens is 1260 g/mol. The van der Waals surface area contributed by atoms with Crippen molar-refractivity contribution in [2.45, 2.75) is 0 Å². The van der Waals surface area contributed by atoms with E-state index in [1.165, 1.54) is 198 Å². The third-order valence-electron chi connectivity index (χ3n) is 22.8. The van der Waals surface area contributed by atoms with Crippen LogP contribution >= 0.6 is 11.3 Å². The molecule has 0 N–H and O–H groups in total. The van der Waals surface area contributed by atoms with Crippen LogP contribution in [0, 0.1) is 0 Å². The molecule has 0 amide bonds. The Labute approximate surface area is 603 Å². The van der Waals surface area contributed by atoms with Gasteiger partial charge >= 0.3 is 0 Å². The number of hydrogen-bond donors (Lipinski definition) is 0. The van der Waals surface area contributed by atoms with Gasteiger partial charge in [0.15, 0.2) is 0 Å². The molecule has 2 aromatic heterocycles. The number of benzene rings is 16. The van der Waals surface area contributed by atoms with Gasteiger partial charge in [0, 0.05) is 66.1 Å². The molecule has 18 aromatic rings. The van der Waals surface area contributed by atoms with E-state index < -0.39 is 0 Å². The van der Waals surface area contributed by atoms with Crippen LogP contribution in [0.1, 0.15) is 0 Å². The van der Waals surface area contributed by atoms with Crippen LogP contribution in [0.4, 0.5) is 34.1 Å². The molecular formula is C96H60B3N3S. The number of aromatic nitrogens is 1. The summed E-state index contributed by atoms with van der Waals surface area (Å²) in [7, 11) is 0. The summed E-state index contributed by atoms with van der Waals surface area (Å²) in [5.41, 5.74) is 37.6. The lowest BCUT2D eigenvalue weighted by atomic mass is 9.36. The molecule has 16 aromatic carbocycles. The van der Waals surface area contributed by atoms with Crippen molar-refractivity contribution in [2.24, 2.45) is 0 Å². The second kappa shape index (κ2) is 22.9. The minimum Gasteiger partial charge on any atom is -0.311 e. The van der Waals surface area contributed by atoms with Gasteiger partial charge in [-0.2, -0.15) is 0 Å². The van der Waals surface area contributed by atoms with Crippen LogP contribution in [0.2, 0.25) is 0 Å². The minimum atomic E-state index is 0.229. The van der Waals surface area contributed by atoms with Gasteiger partial charge in [-0.1, -0.05) is 338 Å². The maximum Gasteiger partial charge on any atom is 0.249 e. The van der Waals surface area contributed by atoms with Crippen LogP contribution in [0.15, 0.2) is 364 Å². The van der Waals surface area contributed by atoms with Crippen molar-refractivity contribution in [2.75, 3.05) is 9.80 Å². The molecule has 6 aliphatic heterocycles. The molecule has 0 aliphatic carbocycles. The first-order chi connectivity index (χ1) is 51.2. The van der Waals surface area contributed by atoms with E-state index in [0.717, 1.165) is 0 Å². The Kier molecular flexibility index (Phi) is 13.0. The third kappa shape index (κ3) is 8.43. The normalized spacial score (nSPS) is 13.0. The van der Waals surface area contributed by atoms with E-state index in [0.29, 0.717) is 0 Å². The lowest BCUT2D eigenvalue weighted by molar-refractivity contribution is 1.14. The second-order valence-electron chi connectivity index (χ2n) is 27.9. The zero-order valence-electron chi connectivity index (χ0n) is 56.1. The number of thiophene rings is 1. The van der Waals surface area contributed by atoms with Gasteiger partial charge in [0.1, 0.15) is 0 Å². The average molecular weight is 1320 g/mol. The van der Waals surface area contributed by atoms with Crippen molar-refractivity contribution in [3.8, 4) is 71.9 Å². The zero-order chi connectivity index (χ0) is 67.4. The van der Waals surface area contributed by atoms with Crippen molar-refractivity contribution in [3.05, 3.63) is 364 Å². The fourth-order valence-corrected chi connectivity index (χ4v) is 20.0. The highest BCUT2D eigenvalue weighted by Crippen LogP contribution is 2.52. The molecule has 7 heteroatoms. The van der Waals surface area contributed by atoms with Gasteiger partial charge in [0.2, 0.25) is 20.1 Å². The van der Waals surface area contributed by atoms with Crippen molar-refractivity contribution in [1.82, 2.24) is 4.57 Å². The monoisotopic (exact) mass is 1320 g/mol. The molecule has 3 nitrogen and oxygen atoms in total. The Morgan fingerprint density at radius 3 is 1.28 bits per heavy atom. The number of fused-ring (bicyclic) bond motifs is 21. The molecule has 0 saturated carbocycles. The molecule has 8 heterocycles. The lowest BCUT2D eigenvalue weighted by Gasteiger charge is -2.37. The zero-order valence-corrected chi connectivity index (χ0v) is 56.9. The SMILES string of the molecule is c1ccc(-c2c(-c3ccccc3)n3c4c(cccc24)B2c4ccccc4-c4cccc-3c42)cc1.c1ccc(-c2sc3ccccc3c2N2c3ccccc3B3c4ccccc4-c4cccc2c43)cc1.c1ccc(N2c3cccc4c3B(c3ccccc3-4)c3c2c2ccccc2c2ccccc32)cc1. The third-order valence-corrected chi connectivity index (χ3v) is 24.0. The highest BCUT2D eigenvalue weighted by molar-refractivity contribution is 7.23. The molecule has 6 aliphatic rings. The average Bonchev–Trinajstić information content (AvgIpc) is 1.64. The van der Waals surface area contributed by atoms with Crippen LogP contribution in [-0.4, -0.2) is 24.7 Å². The van der Waals surface area contributed by atoms with Gasteiger partial charge in [-0.25, -0.2) is 0 Å². The molecule has 474 valence electrons. The summed E-state index contributed by atoms with van der Waals surface area (Å²) in [6, 6.07) is 133. The Hall–Kier alpha value is -12.7. The predicted octanol–water partition coefficient (Wildman–Crippen LogP) is 18.9. The van der Waals surface area contributed by atoms with Crippen molar-refractivity contribution >= 4 is 157 Å². The highest BCUT2D eigenvalue weighted by atomic mass is 32.1. The first-order valence-electron chi connectivity index (χ1n) is 35.9. The van der Waals surface area contributed by atoms with Crippen LogP contribution in [0.3, 0.4) is 0 Å². The quantitative estimate of drug-likeness (QED) is 0.126. The Morgan fingerprint density at radius 2 is 0.641 bits per heavy atom. The minimum absolute atomic E-state index is 0.229. The fraction of sp³-hybridized carbons (Fsp3) is 0. The molecule has 0 radical (unpaired) electrons. The van der Waals surface area contributed by atoms with Crippen molar-refractivity contribution in [3.63, 3.8) is 0 Å². The topological polar surface area (TPSA) is 11.4 Å². The maximum atomic E-state index is 2.55. The van der Waals surface area contributed by atoms with E-state index in [-0.39, 0.29) is 20.1 Å². The van der Waals surface area contributed by atoms with E-state index in [1.807, 2.05) is 11.3 Å². The number of rotatable bonds is 5. The molecule has 0 saturated heterocycles. The molecule has 0 spiro atoms. The number of para-hydroxylation sites is 3. The summed E-state index contributed by atoms with van der Waals surface area (Å²) in [4.78, 5) is 6.36. The predicted molar refractivity (Wildman–Crippen MR) is 443 cm³/mol. The van der Waals surface area contributed by atoms with Gasteiger partial charge in [-0.3, -0.25) is 0 Å². The van der Waals surface area contributed by atoms with Crippen LogP contribution in [-0.2, 0) is 0 Å². The van der Waals surface area contributed by atoms with Gasteiger partial charge in [0.25, 0.3) is 0 Å². The van der Waals surface area contributed by atoms with Gasteiger partial charge in [-0.15, -0.1) is 11.3 Å². The molecule has 103 heavy (non-hydrogen) atoms. The summed E-state index contributed by atoms with van der Waals surface area (Å²) in [6.07, 6.45) is 0. The Balaban J connectivity index is 0.0000000974. The number of hydrogen-bond acceptors (Lipinski definition) is 3. The largest absolute Gasteiger partial charge is 0.311 e. The van der Waals surface area contributed by atoms with E-state index in [9.17, 15) is 0 Å². The van der Waals surface area contributed by atoms with Crippen LogP contribution in [0.25, 0.3) is 114 Å². The Bertz CT molecular complexity index is 6490. The highest BCUT2D eigenvalue weighted by Gasteiger charge is 2.46. The van der Waals surface area contributed by atoms with Gasteiger partial charge < -0.3 is 14.4 Å². The summed E-state index contributed by atoms with van der Waals surface area (Å²) in [6.45, 7) is 0.780. The van der Waals surface area contributed by atoms with Gasteiger partial charge in [0.05, 0.1) is 16.3 Å². The number of nitrogens with zero attached hydrogens (tertiary/aromatic N) is 3. The fourth-order valence-electron chi connectivity index (χ4n) is 18.9. The van der Waals surface area contributed by atoms with E-state index in [1.54, 1.807) is 0 Å². The summed E-state index contributed by atoms with van der Waals surface area (Å²) in [5, 5.41) is 7.92. The standard InChI is InChI=1S/C32H20BNS.2C32H20BN/c1-2-11-21(12-3-1)32-31(24-14-5-9-20-29(24)35-32)34-27-18-8-7-17-26(27)33-25-16-6-4-13-22(25)23-15-10-19-28(34)30(23)33;1-3-11-21(12-4-1)29-25-17-9-19-27-32(25)34(31(29)22-13-5-2-6-14-22)28-20-10-16-24-23-15-7-8-18-26(23)33(27)30(24)28;1-2-11-21(12-3-1)34-29-20-10-18-26-24-15-8-9-19-28(24)33(30(26)29)31-25-16-6-4-13-22(25)23-14-5-7-17-27(23)32(31)34/h1-20H;2*1-20H. The van der Waals surface area contributed by atoms with Crippen LogP contribution < -0.4 is 59.0 Å². The maximum absolute atomic E-state index is 2.55. The number of anilines is 6. The summed E-state index contributed by atoms with van der Waals surface area (Å²) >= 11 is 1.89. The molecule has 0 fully saturated rings. The Morgan fingerprint density at radius 1 is 0.233 bits per heavy atom. The van der Waals surface area contributed by atoms with E-state index >= 15 is 0 Å². The van der Waals surface area contributed by atoms with E-state index in [4.69, 9.17) is 0 Å². The smallest absolute Gasteiger partial charge is 0.249 e. The van der Waals surface area contributed by atoms with Gasteiger partial charge in [-0.05, 0) is 141 Å². The molecule has 24 rings (SSSR count). The van der Waals surface area contributed by atoms with E-state index in [2.05, 4.69) is 378 Å². The second-order valence-corrected chi connectivity index (χ2v) is 28.9. The summed E-state index contributed by atoms with van der Waals surface area (Å²) < 4.78 is 3.86. The van der Waals surface area contributed by atoms with Crippen molar-refractivity contribution < 1.29 is 0 Å². The van der Waals surface area contributed by atoms with Crippen molar-refractivity contribution in [1.29, 1.82) is 0 Å². The first-order valence-corrected chi connectivity index (χ1v) is 36.7. The molecule has 0 bridgehead atoms. The first kappa shape index (κ1) is 58.2.